The van der Waals surface area contributed by atoms with Crippen LogP contribution < -0.4 is 5.32 Å². The Labute approximate surface area is 117 Å². The number of halogens is 2. The molecule has 1 saturated carbocycles. The highest BCUT2D eigenvalue weighted by Gasteiger charge is 2.19. The standard InChI is InChI=1S/C15H19BrFN/c1-11(3-2-8-18-14-5-6-14)9-12-10-13(17)4-7-15(12)16/h3-4,7,10,14,18H,2,5-6,8-9H2,1H3. The molecule has 0 saturated heterocycles. The van der Waals surface area contributed by atoms with Gasteiger partial charge in [-0.3, -0.25) is 0 Å². The van der Waals surface area contributed by atoms with Gasteiger partial charge < -0.3 is 5.32 Å². The van der Waals surface area contributed by atoms with Crippen LogP contribution in [0.2, 0.25) is 0 Å². The summed E-state index contributed by atoms with van der Waals surface area (Å²) < 4.78 is 14.1. The van der Waals surface area contributed by atoms with E-state index in [4.69, 9.17) is 0 Å². The molecule has 0 radical (unpaired) electrons. The first-order chi connectivity index (χ1) is 8.65. The second kappa shape index (κ2) is 6.48. The van der Waals surface area contributed by atoms with E-state index in [0.717, 1.165) is 35.5 Å². The van der Waals surface area contributed by atoms with Gasteiger partial charge in [0.15, 0.2) is 0 Å². The Balaban J connectivity index is 1.82. The highest BCUT2D eigenvalue weighted by Crippen LogP contribution is 2.21. The summed E-state index contributed by atoms with van der Waals surface area (Å²) in [5, 5.41) is 3.48. The maximum Gasteiger partial charge on any atom is 0.123 e. The Morgan fingerprint density at radius 2 is 2.28 bits per heavy atom. The molecule has 1 aliphatic carbocycles. The quantitative estimate of drug-likeness (QED) is 0.612. The fraction of sp³-hybridized carbons (Fsp3) is 0.467. The van der Waals surface area contributed by atoms with Gasteiger partial charge in [-0.1, -0.05) is 27.6 Å². The van der Waals surface area contributed by atoms with Crippen molar-refractivity contribution in [2.24, 2.45) is 0 Å². The normalized spacial score (nSPS) is 16.1. The summed E-state index contributed by atoms with van der Waals surface area (Å²) in [7, 11) is 0. The third-order valence-electron chi connectivity index (χ3n) is 3.12. The van der Waals surface area contributed by atoms with Gasteiger partial charge in [-0.05, 0) is 62.9 Å². The van der Waals surface area contributed by atoms with Crippen molar-refractivity contribution in [1.82, 2.24) is 5.32 Å². The Bertz CT molecular complexity index is 438. The number of allylic oxidation sites excluding steroid dienone is 1. The van der Waals surface area contributed by atoms with Gasteiger partial charge in [0, 0.05) is 10.5 Å². The molecule has 3 heteroatoms. The van der Waals surface area contributed by atoms with E-state index in [-0.39, 0.29) is 5.82 Å². The fourth-order valence-corrected chi connectivity index (χ4v) is 2.33. The molecule has 0 aromatic heterocycles. The minimum atomic E-state index is -0.170. The minimum absolute atomic E-state index is 0.170. The molecule has 1 N–H and O–H groups in total. The molecule has 18 heavy (non-hydrogen) atoms. The summed E-state index contributed by atoms with van der Waals surface area (Å²) >= 11 is 3.46. The smallest absolute Gasteiger partial charge is 0.123 e. The van der Waals surface area contributed by atoms with Gasteiger partial charge in [0.1, 0.15) is 5.82 Å². The molecule has 0 bridgehead atoms. The summed E-state index contributed by atoms with van der Waals surface area (Å²) in [5.74, 6) is -0.170. The molecule has 98 valence electrons. The van der Waals surface area contributed by atoms with Gasteiger partial charge in [-0.25, -0.2) is 4.39 Å². The van der Waals surface area contributed by atoms with E-state index in [0.29, 0.717) is 0 Å². The predicted molar refractivity (Wildman–Crippen MR) is 77.2 cm³/mol. The van der Waals surface area contributed by atoms with Gasteiger partial charge >= 0.3 is 0 Å². The SMILES string of the molecule is CC(=CCCNC1CC1)Cc1cc(F)ccc1Br. The van der Waals surface area contributed by atoms with E-state index in [2.05, 4.69) is 34.2 Å². The Morgan fingerprint density at radius 1 is 1.50 bits per heavy atom. The monoisotopic (exact) mass is 311 g/mol. The van der Waals surface area contributed by atoms with Crippen LogP contribution in [0, 0.1) is 5.82 Å². The van der Waals surface area contributed by atoms with E-state index in [1.807, 2.05) is 0 Å². The van der Waals surface area contributed by atoms with Crippen LogP contribution in [0.25, 0.3) is 0 Å². The van der Waals surface area contributed by atoms with Crippen LogP contribution in [0.5, 0.6) is 0 Å². The molecule has 1 fully saturated rings. The summed E-state index contributed by atoms with van der Waals surface area (Å²) in [6.07, 6.45) is 6.77. The lowest BCUT2D eigenvalue weighted by Crippen LogP contribution is -2.16. The van der Waals surface area contributed by atoms with Crippen molar-refractivity contribution < 1.29 is 4.39 Å². The van der Waals surface area contributed by atoms with Crippen molar-refractivity contribution in [2.75, 3.05) is 6.54 Å². The number of hydrogen-bond acceptors (Lipinski definition) is 1. The first kappa shape index (κ1) is 13.8. The lowest BCUT2D eigenvalue weighted by Gasteiger charge is -2.06. The average Bonchev–Trinajstić information content (AvgIpc) is 3.13. The van der Waals surface area contributed by atoms with Gasteiger partial charge in [-0.15, -0.1) is 0 Å². The molecule has 0 amide bonds. The summed E-state index contributed by atoms with van der Waals surface area (Å²) in [6.45, 7) is 3.15. The van der Waals surface area contributed by atoms with E-state index in [1.165, 1.54) is 24.5 Å². The highest BCUT2D eigenvalue weighted by molar-refractivity contribution is 9.10. The fourth-order valence-electron chi connectivity index (χ4n) is 1.94. The molecular weight excluding hydrogens is 293 g/mol. The molecule has 0 atom stereocenters. The maximum atomic E-state index is 13.1. The zero-order chi connectivity index (χ0) is 13.0. The summed E-state index contributed by atoms with van der Waals surface area (Å²) in [4.78, 5) is 0. The molecule has 0 heterocycles. The van der Waals surface area contributed by atoms with E-state index in [1.54, 1.807) is 12.1 Å². The van der Waals surface area contributed by atoms with E-state index >= 15 is 0 Å². The topological polar surface area (TPSA) is 12.0 Å². The lowest BCUT2D eigenvalue weighted by molar-refractivity contribution is 0.625. The summed E-state index contributed by atoms with van der Waals surface area (Å²) in [6, 6.07) is 5.62. The van der Waals surface area contributed by atoms with Crippen LogP contribution >= 0.6 is 15.9 Å². The number of nitrogens with one attached hydrogen (secondary N) is 1. The van der Waals surface area contributed by atoms with Crippen LogP contribution in [-0.2, 0) is 6.42 Å². The molecule has 0 aliphatic heterocycles. The van der Waals surface area contributed by atoms with Gasteiger partial charge in [0.25, 0.3) is 0 Å². The van der Waals surface area contributed by atoms with Crippen LogP contribution in [0.3, 0.4) is 0 Å². The predicted octanol–water partition coefficient (Wildman–Crippen LogP) is 4.22. The van der Waals surface area contributed by atoms with Gasteiger partial charge in [0.2, 0.25) is 0 Å². The molecule has 1 aromatic carbocycles. The van der Waals surface area contributed by atoms with Crippen molar-refractivity contribution >= 4 is 15.9 Å². The second-order valence-electron chi connectivity index (χ2n) is 4.98. The highest BCUT2D eigenvalue weighted by atomic mass is 79.9. The molecule has 1 nitrogen and oxygen atoms in total. The largest absolute Gasteiger partial charge is 0.314 e. The number of rotatable bonds is 6. The second-order valence-corrected chi connectivity index (χ2v) is 5.83. The zero-order valence-electron chi connectivity index (χ0n) is 10.7. The number of benzene rings is 1. The zero-order valence-corrected chi connectivity index (χ0v) is 12.3. The van der Waals surface area contributed by atoms with Crippen LogP contribution in [0.15, 0.2) is 34.3 Å². The Kier molecular flexibility index (Phi) is 4.95. The van der Waals surface area contributed by atoms with Gasteiger partial charge in [0.05, 0.1) is 0 Å². The van der Waals surface area contributed by atoms with Crippen LogP contribution in [0.1, 0.15) is 31.7 Å². The summed E-state index contributed by atoms with van der Waals surface area (Å²) in [5.41, 5.74) is 2.30. The Hall–Kier alpha value is -0.670. The average molecular weight is 312 g/mol. The molecule has 2 rings (SSSR count). The Morgan fingerprint density at radius 3 is 3.00 bits per heavy atom. The molecule has 1 aromatic rings. The van der Waals surface area contributed by atoms with E-state index < -0.39 is 0 Å². The molecule has 1 aliphatic rings. The third kappa shape index (κ3) is 4.54. The maximum absolute atomic E-state index is 13.1. The third-order valence-corrected chi connectivity index (χ3v) is 3.90. The van der Waals surface area contributed by atoms with Crippen LogP contribution in [0.4, 0.5) is 4.39 Å². The lowest BCUT2D eigenvalue weighted by atomic mass is 10.1. The van der Waals surface area contributed by atoms with Crippen molar-refractivity contribution in [1.29, 1.82) is 0 Å². The molecular formula is C15H19BrFN. The van der Waals surface area contributed by atoms with Crippen molar-refractivity contribution in [3.05, 3.63) is 45.7 Å². The molecule has 0 unspecified atom stereocenters. The first-order valence-electron chi connectivity index (χ1n) is 6.48. The van der Waals surface area contributed by atoms with Crippen LogP contribution in [-0.4, -0.2) is 12.6 Å². The van der Waals surface area contributed by atoms with Crippen molar-refractivity contribution in [3.63, 3.8) is 0 Å². The van der Waals surface area contributed by atoms with E-state index in [9.17, 15) is 4.39 Å². The minimum Gasteiger partial charge on any atom is -0.314 e. The van der Waals surface area contributed by atoms with Crippen molar-refractivity contribution in [2.45, 2.75) is 38.6 Å². The molecule has 0 spiro atoms. The van der Waals surface area contributed by atoms with Crippen molar-refractivity contribution in [3.8, 4) is 0 Å². The number of hydrogen-bond donors (Lipinski definition) is 1. The first-order valence-corrected chi connectivity index (χ1v) is 7.27. The van der Waals surface area contributed by atoms with Gasteiger partial charge in [-0.2, -0.15) is 0 Å².